The molecule has 0 spiro atoms. The molecule has 35 heavy (non-hydrogen) atoms. The number of benzene rings is 2. The van der Waals surface area contributed by atoms with Crippen LogP contribution in [0.25, 0.3) is 0 Å². The molecule has 182 valence electrons. The van der Waals surface area contributed by atoms with E-state index in [1.165, 1.54) is 23.2 Å². The SMILES string of the molecule is COc1cccc([C@@H](C(=O)NC2CCCC2)N(C(=O)Cc2cccs2)c2ccccc2C(C)=O)c1. The summed E-state index contributed by atoms with van der Waals surface area (Å²) in [5.74, 6) is -0.0969. The van der Waals surface area contributed by atoms with Crippen molar-refractivity contribution in [2.75, 3.05) is 12.0 Å². The van der Waals surface area contributed by atoms with Crippen LogP contribution < -0.4 is 15.0 Å². The number of carbonyl (C=O) groups is 3. The fourth-order valence-electron chi connectivity index (χ4n) is 4.63. The van der Waals surface area contributed by atoms with E-state index in [9.17, 15) is 14.4 Å². The smallest absolute Gasteiger partial charge is 0.248 e. The Labute approximate surface area is 209 Å². The van der Waals surface area contributed by atoms with E-state index in [0.29, 0.717) is 22.6 Å². The van der Waals surface area contributed by atoms with Crippen molar-refractivity contribution < 1.29 is 19.1 Å². The molecule has 2 aromatic carbocycles. The summed E-state index contributed by atoms with van der Waals surface area (Å²) < 4.78 is 5.42. The fraction of sp³-hybridized carbons (Fsp3) is 0.321. The fourth-order valence-corrected chi connectivity index (χ4v) is 5.32. The molecule has 6 nitrogen and oxygen atoms in total. The first-order chi connectivity index (χ1) is 17.0. The monoisotopic (exact) mass is 490 g/mol. The highest BCUT2D eigenvalue weighted by Gasteiger charge is 2.36. The van der Waals surface area contributed by atoms with Gasteiger partial charge in [0.15, 0.2) is 5.78 Å². The van der Waals surface area contributed by atoms with Crippen LogP contribution >= 0.6 is 11.3 Å². The lowest BCUT2D eigenvalue weighted by molar-refractivity contribution is -0.127. The summed E-state index contributed by atoms with van der Waals surface area (Å²) in [7, 11) is 1.57. The average molecular weight is 491 g/mol. The molecule has 1 N–H and O–H groups in total. The number of ketones is 1. The van der Waals surface area contributed by atoms with Crippen LogP contribution in [0.4, 0.5) is 5.69 Å². The second-order valence-corrected chi connectivity index (χ2v) is 9.79. The van der Waals surface area contributed by atoms with E-state index in [4.69, 9.17) is 4.74 Å². The van der Waals surface area contributed by atoms with E-state index in [1.807, 2.05) is 29.6 Å². The highest BCUT2D eigenvalue weighted by molar-refractivity contribution is 7.10. The third-order valence-electron chi connectivity index (χ3n) is 6.33. The Morgan fingerprint density at radius 1 is 1.06 bits per heavy atom. The summed E-state index contributed by atoms with van der Waals surface area (Å²) in [6.07, 6.45) is 4.11. The van der Waals surface area contributed by atoms with Gasteiger partial charge in [0.25, 0.3) is 0 Å². The lowest BCUT2D eigenvalue weighted by atomic mass is 9.99. The molecular formula is C28H30N2O4S. The number of hydrogen-bond donors (Lipinski definition) is 1. The number of nitrogens with one attached hydrogen (secondary N) is 1. The van der Waals surface area contributed by atoms with Crippen LogP contribution in [0.5, 0.6) is 5.75 Å². The molecule has 1 atom stereocenters. The molecule has 0 aliphatic heterocycles. The van der Waals surface area contributed by atoms with E-state index >= 15 is 0 Å². The van der Waals surface area contributed by atoms with Gasteiger partial charge in [-0.1, -0.05) is 43.2 Å². The molecule has 0 bridgehead atoms. The number of amides is 2. The zero-order valence-corrected chi connectivity index (χ0v) is 20.8. The number of nitrogens with zero attached hydrogens (tertiary/aromatic N) is 1. The summed E-state index contributed by atoms with van der Waals surface area (Å²) in [4.78, 5) is 42.7. The molecule has 2 amide bonds. The Balaban J connectivity index is 1.84. The van der Waals surface area contributed by atoms with Crippen molar-refractivity contribution in [1.82, 2.24) is 5.32 Å². The number of hydrogen-bond acceptors (Lipinski definition) is 5. The molecule has 1 saturated carbocycles. The number of anilines is 1. The number of Topliss-reactive ketones (excluding diaryl/α,β-unsaturated/α-hetero) is 1. The predicted molar refractivity (Wildman–Crippen MR) is 138 cm³/mol. The topological polar surface area (TPSA) is 75.7 Å². The summed E-state index contributed by atoms with van der Waals surface area (Å²) in [6, 6.07) is 17.1. The Hall–Kier alpha value is -3.45. The number of thiophene rings is 1. The maximum Gasteiger partial charge on any atom is 0.248 e. The van der Waals surface area contributed by atoms with Crippen LogP contribution in [0.2, 0.25) is 0 Å². The Kier molecular flexibility index (Phi) is 7.98. The standard InChI is InChI=1S/C28H30N2O4S/c1-19(31)24-14-5-6-15-25(24)30(26(32)18-23-13-8-16-35-23)27(20-9-7-12-22(17-20)34-2)28(33)29-21-10-3-4-11-21/h5-9,12-17,21,27H,3-4,10-11,18H2,1-2H3,(H,29,33)/t27-/m0/s1. The quantitative estimate of drug-likeness (QED) is 0.411. The summed E-state index contributed by atoms with van der Waals surface area (Å²) >= 11 is 1.49. The van der Waals surface area contributed by atoms with Gasteiger partial charge < -0.3 is 10.1 Å². The van der Waals surface area contributed by atoms with E-state index < -0.39 is 6.04 Å². The molecular weight excluding hydrogens is 460 g/mol. The average Bonchev–Trinajstić information content (AvgIpc) is 3.56. The molecule has 0 saturated heterocycles. The third kappa shape index (κ3) is 5.80. The maximum atomic E-state index is 13.9. The van der Waals surface area contributed by atoms with Crippen LogP contribution in [-0.2, 0) is 16.0 Å². The van der Waals surface area contributed by atoms with Crippen LogP contribution in [0.1, 0.15) is 59.4 Å². The minimum atomic E-state index is -0.960. The highest BCUT2D eigenvalue weighted by Crippen LogP contribution is 2.34. The van der Waals surface area contributed by atoms with Crippen molar-refractivity contribution in [3.05, 3.63) is 82.0 Å². The molecule has 7 heteroatoms. The number of methoxy groups -OCH3 is 1. The molecule has 4 rings (SSSR count). The van der Waals surface area contributed by atoms with Gasteiger partial charge >= 0.3 is 0 Å². The van der Waals surface area contributed by atoms with Gasteiger partial charge in [-0.25, -0.2) is 0 Å². The van der Waals surface area contributed by atoms with Gasteiger partial charge in [0.2, 0.25) is 11.8 Å². The van der Waals surface area contributed by atoms with Crippen molar-refractivity contribution in [1.29, 1.82) is 0 Å². The molecule has 0 unspecified atom stereocenters. The van der Waals surface area contributed by atoms with Crippen molar-refractivity contribution in [2.45, 2.75) is 51.1 Å². The molecule has 1 aromatic heterocycles. The normalized spacial score (nSPS) is 14.3. The lowest BCUT2D eigenvalue weighted by Crippen LogP contribution is -2.47. The van der Waals surface area contributed by atoms with Crippen molar-refractivity contribution in [3.8, 4) is 5.75 Å². The number of rotatable bonds is 9. The zero-order chi connectivity index (χ0) is 24.8. The summed E-state index contributed by atoms with van der Waals surface area (Å²) in [5, 5.41) is 5.09. The van der Waals surface area contributed by atoms with Gasteiger partial charge in [-0.2, -0.15) is 0 Å². The largest absolute Gasteiger partial charge is 0.497 e. The third-order valence-corrected chi connectivity index (χ3v) is 7.21. The first kappa shape index (κ1) is 24.7. The number of ether oxygens (including phenoxy) is 1. The van der Waals surface area contributed by atoms with Crippen LogP contribution in [0.3, 0.4) is 0 Å². The van der Waals surface area contributed by atoms with Gasteiger partial charge in [0.1, 0.15) is 11.8 Å². The molecule has 0 radical (unpaired) electrons. The molecule has 3 aromatic rings. The Bertz CT molecular complexity index is 1190. The van der Waals surface area contributed by atoms with E-state index in [-0.39, 0.29) is 30.1 Å². The Morgan fingerprint density at radius 3 is 2.51 bits per heavy atom. The van der Waals surface area contributed by atoms with Gasteiger partial charge in [-0.15, -0.1) is 11.3 Å². The van der Waals surface area contributed by atoms with Crippen LogP contribution in [0.15, 0.2) is 66.0 Å². The van der Waals surface area contributed by atoms with Crippen LogP contribution in [-0.4, -0.2) is 30.7 Å². The Morgan fingerprint density at radius 2 is 1.83 bits per heavy atom. The molecule has 1 aliphatic rings. The van der Waals surface area contributed by atoms with E-state index in [0.717, 1.165) is 30.6 Å². The number of para-hydroxylation sites is 1. The van der Waals surface area contributed by atoms with Gasteiger partial charge in [-0.3, -0.25) is 19.3 Å². The van der Waals surface area contributed by atoms with Crippen LogP contribution in [0, 0.1) is 0 Å². The van der Waals surface area contributed by atoms with Crippen molar-refractivity contribution >= 4 is 34.6 Å². The second kappa shape index (κ2) is 11.3. The van der Waals surface area contributed by atoms with Crippen molar-refractivity contribution in [2.24, 2.45) is 0 Å². The number of carbonyl (C=O) groups excluding carboxylic acids is 3. The molecule has 1 fully saturated rings. The summed E-state index contributed by atoms with van der Waals surface area (Å²) in [5.41, 5.74) is 1.45. The van der Waals surface area contributed by atoms with Gasteiger partial charge in [-0.05, 0) is 61.0 Å². The molecule has 1 heterocycles. The maximum absolute atomic E-state index is 13.9. The zero-order valence-electron chi connectivity index (χ0n) is 20.0. The van der Waals surface area contributed by atoms with E-state index in [1.54, 1.807) is 43.5 Å². The minimum Gasteiger partial charge on any atom is -0.497 e. The first-order valence-electron chi connectivity index (χ1n) is 11.9. The summed E-state index contributed by atoms with van der Waals surface area (Å²) in [6.45, 7) is 1.47. The van der Waals surface area contributed by atoms with E-state index in [2.05, 4.69) is 5.32 Å². The second-order valence-electron chi connectivity index (χ2n) is 8.76. The predicted octanol–water partition coefficient (Wildman–Crippen LogP) is 5.34. The van der Waals surface area contributed by atoms with Gasteiger partial charge in [0, 0.05) is 16.5 Å². The molecule has 1 aliphatic carbocycles. The lowest BCUT2D eigenvalue weighted by Gasteiger charge is -2.33. The van der Waals surface area contributed by atoms with Gasteiger partial charge in [0.05, 0.1) is 19.2 Å². The van der Waals surface area contributed by atoms with Crippen molar-refractivity contribution in [3.63, 3.8) is 0 Å². The first-order valence-corrected chi connectivity index (χ1v) is 12.7. The highest BCUT2D eigenvalue weighted by atomic mass is 32.1. The minimum absolute atomic E-state index is 0.0768.